The van der Waals surface area contributed by atoms with E-state index in [0.29, 0.717) is 12.6 Å². The van der Waals surface area contributed by atoms with E-state index in [1.165, 1.54) is 0 Å². The molecular formula is C14H19N5O2. The maximum absolute atomic E-state index is 5.66. The fourth-order valence-corrected chi connectivity index (χ4v) is 1.65. The molecule has 3 N–H and O–H groups in total. The Labute approximate surface area is 123 Å². The Bertz CT molecular complexity index is 604. The predicted octanol–water partition coefficient (Wildman–Crippen LogP) is 2.38. The second-order valence-corrected chi connectivity index (χ2v) is 4.55. The molecule has 0 amide bonds. The van der Waals surface area contributed by atoms with Gasteiger partial charge in [-0.25, -0.2) is 0 Å². The van der Waals surface area contributed by atoms with Crippen LogP contribution in [0.15, 0.2) is 24.3 Å². The molecule has 0 unspecified atom stereocenters. The summed E-state index contributed by atoms with van der Waals surface area (Å²) in [6, 6.07) is 7.69. The van der Waals surface area contributed by atoms with Gasteiger partial charge in [-0.3, -0.25) is 0 Å². The van der Waals surface area contributed by atoms with Crippen LogP contribution in [-0.4, -0.2) is 27.7 Å². The molecule has 0 fully saturated rings. The van der Waals surface area contributed by atoms with Crippen LogP contribution in [-0.2, 0) is 0 Å². The Kier molecular flexibility index (Phi) is 4.76. The van der Waals surface area contributed by atoms with Gasteiger partial charge in [-0.15, -0.1) is 0 Å². The van der Waals surface area contributed by atoms with Gasteiger partial charge in [0.25, 0.3) is 0 Å². The summed E-state index contributed by atoms with van der Waals surface area (Å²) in [6.07, 6.45) is -0.0408. The summed E-state index contributed by atoms with van der Waals surface area (Å²) in [5.74, 6) is 1.19. The molecular weight excluding hydrogens is 270 g/mol. The van der Waals surface area contributed by atoms with Gasteiger partial charge in [0.2, 0.25) is 11.9 Å². The molecule has 1 aromatic heterocycles. The van der Waals surface area contributed by atoms with Crippen molar-refractivity contribution in [2.45, 2.75) is 26.9 Å². The number of anilines is 3. The van der Waals surface area contributed by atoms with E-state index < -0.39 is 0 Å². The van der Waals surface area contributed by atoms with Crippen molar-refractivity contribution in [3.63, 3.8) is 0 Å². The Hall–Kier alpha value is -2.57. The SMILES string of the molecule is CCOc1cccc(Nc2nc(N)nc(OC(C)C)n2)c1. The van der Waals surface area contributed by atoms with Crippen LogP contribution in [0.1, 0.15) is 20.8 Å². The number of benzene rings is 1. The fourth-order valence-electron chi connectivity index (χ4n) is 1.65. The average Bonchev–Trinajstić information content (AvgIpc) is 2.37. The molecule has 2 rings (SSSR count). The van der Waals surface area contributed by atoms with Crippen LogP contribution in [0.4, 0.5) is 17.6 Å². The number of rotatable bonds is 6. The fraction of sp³-hybridized carbons (Fsp3) is 0.357. The molecule has 0 spiro atoms. The first-order chi connectivity index (χ1) is 10.1. The lowest BCUT2D eigenvalue weighted by Crippen LogP contribution is -2.11. The first-order valence-corrected chi connectivity index (χ1v) is 6.75. The lowest BCUT2D eigenvalue weighted by atomic mass is 10.3. The third-order valence-electron chi connectivity index (χ3n) is 2.37. The van der Waals surface area contributed by atoms with Crippen LogP contribution in [0.3, 0.4) is 0 Å². The van der Waals surface area contributed by atoms with Gasteiger partial charge in [0, 0.05) is 11.8 Å². The second kappa shape index (κ2) is 6.74. The Morgan fingerprint density at radius 2 is 2.05 bits per heavy atom. The summed E-state index contributed by atoms with van der Waals surface area (Å²) in [5.41, 5.74) is 6.45. The van der Waals surface area contributed by atoms with Gasteiger partial charge >= 0.3 is 6.01 Å². The van der Waals surface area contributed by atoms with Crippen molar-refractivity contribution in [3.05, 3.63) is 24.3 Å². The zero-order valence-corrected chi connectivity index (χ0v) is 12.3. The topological polar surface area (TPSA) is 95.2 Å². The number of aromatic nitrogens is 3. The molecule has 0 bridgehead atoms. The quantitative estimate of drug-likeness (QED) is 0.842. The van der Waals surface area contributed by atoms with Crippen molar-refractivity contribution in [1.82, 2.24) is 15.0 Å². The maximum Gasteiger partial charge on any atom is 0.323 e. The molecule has 0 saturated carbocycles. The molecule has 7 nitrogen and oxygen atoms in total. The summed E-state index contributed by atoms with van der Waals surface area (Å²) in [5, 5.41) is 3.05. The Balaban J connectivity index is 2.18. The molecule has 2 aromatic rings. The van der Waals surface area contributed by atoms with Crippen LogP contribution in [0.25, 0.3) is 0 Å². The van der Waals surface area contributed by atoms with Gasteiger partial charge in [-0.2, -0.15) is 15.0 Å². The van der Waals surface area contributed by atoms with E-state index in [-0.39, 0.29) is 18.1 Å². The first kappa shape index (κ1) is 14.8. The highest BCUT2D eigenvalue weighted by atomic mass is 16.5. The highest BCUT2D eigenvalue weighted by molar-refractivity contribution is 5.56. The van der Waals surface area contributed by atoms with E-state index in [2.05, 4.69) is 20.3 Å². The zero-order chi connectivity index (χ0) is 15.2. The molecule has 1 aromatic carbocycles. The second-order valence-electron chi connectivity index (χ2n) is 4.55. The van der Waals surface area contributed by atoms with E-state index in [1.54, 1.807) is 0 Å². The average molecular weight is 289 g/mol. The lowest BCUT2D eigenvalue weighted by molar-refractivity contribution is 0.222. The molecule has 0 aliphatic rings. The van der Waals surface area contributed by atoms with Crippen molar-refractivity contribution in [2.24, 2.45) is 0 Å². The molecule has 0 aliphatic heterocycles. The minimum atomic E-state index is -0.0408. The van der Waals surface area contributed by atoms with Crippen molar-refractivity contribution < 1.29 is 9.47 Å². The normalized spacial score (nSPS) is 10.5. The molecule has 0 atom stereocenters. The van der Waals surface area contributed by atoms with Crippen molar-refractivity contribution in [3.8, 4) is 11.8 Å². The third kappa shape index (κ3) is 4.48. The number of hydrogen-bond acceptors (Lipinski definition) is 7. The zero-order valence-electron chi connectivity index (χ0n) is 12.3. The molecule has 1 heterocycles. The largest absolute Gasteiger partial charge is 0.494 e. The van der Waals surface area contributed by atoms with E-state index in [4.69, 9.17) is 15.2 Å². The minimum absolute atomic E-state index is 0.0408. The van der Waals surface area contributed by atoms with Gasteiger partial charge < -0.3 is 20.5 Å². The van der Waals surface area contributed by atoms with E-state index >= 15 is 0 Å². The Morgan fingerprint density at radius 3 is 2.76 bits per heavy atom. The molecule has 21 heavy (non-hydrogen) atoms. The highest BCUT2D eigenvalue weighted by Crippen LogP contribution is 2.21. The summed E-state index contributed by atoms with van der Waals surface area (Å²) >= 11 is 0. The van der Waals surface area contributed by atoms with Gasteiger partial charge in [-0.1, -0.05) is 6.07 Å². The van der Waals surface area contributed by atoms with E-state index in [0.717, 1.165) is 11.4 Å². The number of nitrogens with two attached hydrogens (primary N) is 1. The van der Waals surface area contributed by atoms with Crippen molar-refractivity contribution >= 4 is 17.6 Å². The van der Waals surface area contributed by atoms with Gasteiger partial charge in [0.05, 0.1) is 12.7 Å². The van der Waals surface area contributed by atoms with Crippen LogP contribution in [0.5, 0.6) is 11.8 Å². The lowest BCUT2D eigenvalue weighted by Gasteiger charge is -2.11. The highest BCUT2D eigenvalue weighted by Gasteiger charge is 2.08. The predicted molar refractivity (Wildman–Crippen MR) is 80.9 cm³/mol. The Morgan fingerprint density at radius 1 is 1.24 bits per heavy atom. The number of nitrogens with zero attached hydrogens (tertiary/aromatic N) is 3. The number of ether oxygens (including phenoxy) is 2. The summed E-state index contributed by atoms with van der Waals surface area (Å²) in [7, 11) is 0. The van der Waals surface area contributed by atoms with Crippen LogP contribution in [0, 0.1) is 0 Å². The van der Waals surface area contributed by atoms with Crippen LogP contribution in [0.2, 0.25) is 0 Å². The van der Waals surface area contributed by atoms with Crippen molar-refractivity contribution in [2.75, 3.05) is 17.7 Å². The monoisotopic (exact) mass is 289 g/mol. The number of hydrogen-bond donors (Lipinski definition) is 2. The molecule has 7 heteroatoms. The summed E-state index contributed by atoms with van der Waals surface area (Å²) < 4.78 is 10.9. The smallest absolute Gasteiger partial charge is 0.323 e. The van der Waals surface area contributed by atoms with Gasteiger partial charge in [0.15, 0.2) is 0 Å². The summed E-state index contributed by atoms with van der Waals surface area (Å²) in [6.45, 7) is 6.31. The molecule has 0 aliphatic carbocycles. The van der Waals surface area contributed by atoms with Gasteiger partial charge in [0.1, 0.15) is 5.75 Å². The maximum atomic E-state index is 5.66. The number of nitrogen functional groups attached to an aromatic ring is 1. The molecule has 112 valence electrons. The molecule has 0 radical (unpaired) electrons. The van der Waals surface area contributed by atoms with Crippen LogP contribution < -0.4 is 20.5 Å². The number of nitrogens with one attached hydrogen (secondary N) is 1. The third-order valence-corrected chi connectivity index (χ3v) is 2.37. The molecule has 0 saturated heterocycles. The van der Waals surface area contributed by atoms with Crippen LogP contribution >= 0.6 is 0 Å². The van der Waals surface area contributed by atoms with Crippen molar-refractivity contribution in [1.29, 1.82) is 0 Å². The first-order valence-electron chi connectivity index (χ1n) is 6.75. The summed E-state index contributed by atoms with van der Waals surface area (Å²) in [4.78, 5) is 12.1. The van der Waals surface area contributed by atoms with Gasteiger partial charge in [-0.05, 0) is 32.9 Å². The standard InChI is InChI=1S/C14H19N5O2/c1-4-20-11-7-5-6-10(8-11)16-13-17-12(15)18-14(19-13)21-9(2)3/h5-9H,4H2,1-3H3,(H3,15,16,17,18,19). The minimum Gasteiger partial charge on any atom is -0.494 e. The van der Waals surface area contributed by atoms with E-state index in [9.17, 15) is 0 Å². The van der Waals surface area contributed by atoms with E-state index in [1.807, 2.05) is 45.0 Å².